The zero-order valence-corrected chi connectivity index (χ0v) is 11.3. The molecular weight excluding hydrogens is 242 g/mol. The van der Waals surface area contributed by atoms with Crippen molar-refractivity contribution in [2.24, 2.45) is 5.92 Å². The lowest BCUT2D eigenvalue weighted by Crippen LogP contribution is -2.49. The second-order valence-electron chi connectivity index (χ2n) is 5.25. The van der Waals surface area contributed by atoms with Gasteiger partial charge in [-0.2, -0.15) is 5.26 Å². The summed E-state index contributed by atoms with van der Waals surface area (Å²) in [7, 11) is 0. The van der Waals surface area contributed by atoms with Crippen LogP contribution in [0.3, 0.4) is 0 Å². The van der Waals surface area contributed by atoms with E-state index in [1.165, 1.54) is 0 Å². The minimum Gasteiger partial charge on any atom is -0.468 e. The van der Waals surface area contributed by atoms with E-state index in [0.29, 0.717) is 5.92 Å². The quantitative estimate of drug-likeness (QED) is 0.817. The highest BCUT2D eigenvalue weighted by molar-refractivity contribution is 5.79. The van der Waals surface area contributed by atoms with Crippen LogP contribution < -0.4 is 10.6 Å². The van der Waals surface area contributed by atoms with E-state index in [9.17, 15) is 10.1 Å². The molecule has 1 amide bonds. The molecule has 0 spiro atoms. The third kappa shape index (κ3) is 3.36. The molecule has 19 heavy (non-hydrogen) atoms. The molecule has 0 radical (unpaired) electrons. The van der Waals surface area contributed by atoms with Gasteiger partial charge in [-0.15, -0.1) is 0 Å². The van der Waals surface area contributed by atoms with Crippen LogP contribution in [0.25, 0.3) is 0 Å². The van der Waals surface area contributed by atoms with E-state index in [1.54, 1.807) is 13.2 Å². The average molecular weight is 261 g/mol. The van der Waals surface area contributed by atoms with Crippen molar-refractivity contribution >= 4 is 5.91 Å². The molecule has 1 fully saturated rings. The lowest BCUT2D eigenvalue weighted by Gasteiger charge is -2.23. The maximum atomic E-state index is 11.9. The number of nitriles is 1. The Morgan fingerprint density at radius 3 is 2.95 bits per heavy atom. The van der Waals surface area contributed by atoms with Gasteiger partial charge in [-0.25, -0.2) is 0 Å². The van der Waals surface area contributed by atoms with E-state index in [0.717, 1.165) is 18.6 Å². The highest BCUT2D eigenvalue weighted by Crippen LogP contribution is 2.39. The fraction of sp³-hybridized carbons (Fsp3) is 0.571. The van der Waals surface area contributed by atoms with Crippen molar-refractivity contribution in [3.63, 3.8) is 0 Å². The first kappa shape index (κ1) is 13.6. The van der Waals surface area contributed by atoms with Gasteiger partial charge in [0.05, 0.1) is 24.9 Å². The van der Waals surface area contributed by atoms with E-state index in [4.69, 9.17) is 4.42 Å². The van der Waals surface area contributed by atoms with Crippen LogP contribution in [-0.4, -0.2) is 18.0 Å². The summed E-state index contributed by atoms with van der Waals surface area (Å²) in [6, 6.07) is 5.85. The van der Waals surface area contributed by atoms with Crippen LogP contribution in [0.4, 0.5) is 0 Å². The fourth-order valence-electron chi connectivity index (χ4n) is 2.10. The van der Waals surface area contributed by atoms with Gasteiger partial charge < -0.3 is 9.73 Å². The molecule has 0 aromatic carbocycles. The number of hydrogen-bond acceptors (Lipinski definition) is 4. The third-order valence-electron chi connectivity index (χ3n) is 3.56. The van der Waals surface area contributed by atoms with Crippen LogP contribution in [0.2, 0.25) is 0 Å². The van der Waals surface area contributed by atoms with Crippen LogP contribution in [0.5, 0.6) is 0 Å². The molecule has 0 aliphatic heterocycles. The van der Waals surface area contributed by atoms with Crippen LogP contribution in [0.1, 0.15) is 38.5 Å². The maximum Gasteiger partial charge on any atom is 0.235 e. The Labute approximate surface area is 113 Å². The zero-order valence-electron chi connectivity index (χ0n) is 11.3. The minimum absolute atomic E-state index is 0.0324. The van der Waals surface area contributed by atoms with E-state index in [-0.39, 0.29) is 18.5 Å². The molecule has 0 unspecified atom stereocenters. The zero-order chi connectivity index (χ0) is 13.9. The molecule has 2 N–H and O–H groups in total. The molecule has 5 heteroatoms. The van der Waals surface area contributed by atoms with Crippen molar-refractivity contribution in [2.45, 2.75) is 38.3 Å². The average Bonchev–Trinajstić information content (AvgIpc) is 3.12. The van der Waals surface area contributed by atoms with E-state index >= 15 is 0 Å². The van der Waals surface area contributed by atoms with Crippen molar-refractivity contribution in [1.29, 1.82) is 5.26 Å². The lowest BCUT2D eigenvalue weighted by molar-refractivity contribution is -0.121. The van der Waals surface area contributed by atoms with Gasteiger partial charge >= 0.3 is 0 Å². The molecule has 1 aromatic heterocycles. The maximum absolute atomic E-state index is 11.9. The first-order valence-corrected chi connectivity index (χ1v) is 6.54. The Morgan fingerprint density at radius 1 is 1.68 bits per heavy atom. The van der Waals surface area contributed by atoms with Gasteiger partial charge in [-0.3, -0.25) is 10.1 Å². The van der Waals surface area contributed by atoms with E-state index in [2.05, 4.69) is 16.7 Å². The molecule has 1 saturated carbocycles. The van der Waals surface area contributed by atoms with Crippen LogP contribution in [0.15, 0.2) is 22.8 Å². The highest BCUT2D eigenvalue weighted by atomic mass is 16.3. The second-order valence-corrected chi connectivity index (χ2v) is 5.25. The van der Waals surface area contributed by atoms with Gasteiger partial charge in [0.1, 0.15) is 11.3 Å². The summed E-state index contributed by atoms with van der Waals surface area (Å²) in [4.78, 5) is 11.9. The molecule has 0 bridgehead atoms. The molecule has 1 aromatic rings. The Bertz CT molecular complexity index is 473. The summed E-state index contributed by atoms with van der Waals surface area (Å²) in [6.45, 7) is 3.89. The largest absolute Gasteiger partial charge is 0.468 e. The van der Waals surface area contributed by atoms with Gasteiger partial charge in [0, 0.05) is 0 Å². The second kappa shape index (κ2) is 5.45. The van der Waals surface area contributed by atoms with E-state index < -0.39 is 5.54 Å². The smallest absolute Gasteiger partial charge is 0.235 e. The fourth-order valence-corrected chi connectivity index (χ4v) is 2.10. The number of carbonyl (C=O) groups is 1. The van der Waals surface area contributed by atoms with Crippen molar-refractivity contribution in [1.82, 2.24) is 10.6 Å². The van der Waals surface area contributed by atoms with Gasteiger partial charge in [0.15, 0.2) is 0 Å². The number of furan rings is 1. The topological polar surface area (TPSA) is 78.1 Å². The molecule has 2 rings (SSSR count). The number of amides is 1. The molecule has 1 aliphatic rings. The molecule has 1 aliphatic carbocycles. The summed E-state index contributed by atoms with van der Waals surface area (Å²) in [6.07, 6.45) is 3.63. The van der Waals surface area contributed by atoms with E-state index in [1.807, 2.05) is 19.1 Å². The van der Waals surface area contributed by atoms with Crippen molar-refractivity contribution in [2.75, 3.05) is 6.54 Å². The normalized spacial score (nSPS) is 19.2. The van der Waals surface area contributed by atoms with Crippen molar-refractivity contribution < 1.29 is 9.21 Å². The van der Waals surface area contributed by atoms with Crippen molar-refractivity contribution in [3.8, 4) is 6.07 Å². The first-order valence-electron chi connectivity index (χ1n) is 6.54. The standard InChI is InChI=1S/C14H19N3O2/c1-10(12-4-3-7-19-12)16-8-13(18)17-14(2,9-15)11-5-6-11/h3-4,7,10-11,16H,5-6,8H2,1-2H3,(H,17,18)/t10-,14+/m1/s1. The molecule has 1 heterocycles. The Kier molecular flexibility index (Phi) is 3.91. The molecule has 102 valence electrons. The number of rotatable bonds is 6. The molecule has 0 saturated heterocycles. The molecular formula is C14H19N3O2. The van der Waals surface area contributed by atoms with Crippen LogP contribution >= 0.6 is 0 Å². The Hall–Kier alpha value is -1.80. The predicted octanol–water partition coefficient (Wildman–Crippen LogP) is 1.74. The summed E-state index contributed by atoms with van der Waals surface area (Å²) in [5, 5.41) is 15.1. The first-order chi connectivity index (χ1) is 9.05. The SMILES string of the molecule is C[C@@H](NCC(=O)N[C@@](C)(C#N)C1CC1)c1ccco1. The Morgan fingerprint density at radius 2 is 2.42 bits per heavy atom. The molecule has 5 nitrogen and oxygen atoms in total. The number of hydrogen-bond donors (Lipinski definition) is 2. The number of nitrogens with one attached hydrogen (secondary N) is 2. The minimum atomic E-state index is -0.729. The summed E-state index contributed by atoms with van der Waals surface area (Å²) in [5.74, 6) is 0.927. The van der Waals surface area contributed by atoms with Gasteiger partial charge in [-0.1, -0.05) is 0 Å². The van der Waals surface area contributed by atoms with Crippen molar-refractivity contribution in [3.05, 3.63) is 24.2 Å². The van der Waals surface area contributed by atoms with Crippen LogP contribution in [0, 0.1) is 17.2 Å². The highest BCUT2D eigenvalue weighted by Gasteiger charge is 2.42. The summed E-state index contributed by atoms with van der Waals surface area (Å²) in [5.41, 5.74) is -0.729. The summed E-state index contributed by atoms with van der Waals surface area (Å²) >= 11 is 0. The number of carbonyl (C=O) groups excluding carboxylic acids is 1. The summed E-state index contributed by atoms with van der Waals surface area (Å²) < 4.78 is 5.25. The van der Waals surface area contributed by atoms with Gasteiger partial charge in [0.2, 0.25) is 5.91 Å². The lowest BCUT2D eigenvalue weighted by atomic mass is 9.98. The van der Waals surface area contributed by atoms with Gasteiger partial charge in [-0.05, 0) is 44.7 Å². The molecule has 2 atom stereocenters. The Balaban J connectivity index is 1.80. The van der Waals surface area contributed by atoms with Crippen LogP contribution in [-0.2, 0) is 4.79 Å². The monoisotopic (exact) mass is 261 g/mol. The van der Waals surface area contributed by atoms with Gasteiger partial charge in [0.25, 0.3) is 0 Å². The third-order valence-corrected chi connectivity index (χ3v) is 3.56. The predicted molar refractivity (Wildman–Crippen MR) is 70.0 cm³/mol. The number of nitrogens with zero attached hydrogens (tertiary/aromatic N) is 1.